The van der Waals surface area contributed by atoms with Crippen molar-refractivity contribution in [1.82, 2.24) is 15.1 Å². The largest absolute Gasteiger partial charge is 0.351 e. The van der Waals surface area contributed by atoms with E-state index >= 15 is 0 Å². The number of carbonyl (C=O) groups excluding carboxylic acids is 1. The lowest BCUT2D eigenvalue weighted by Gasteiger charge is -2.41. The Balaban J connectivity index is 1.86. The normalized spacial score (nSPS) is 27.5. The molecule has 0 aromatic carbocycles. The van der Waals surface area contributed by atoms with E-state index in [1.165, 1.54) is 32.5 Å². The average Bonchev–Trinajstić information content (AvgIpc) is 2.38. The SMILES string of the molecule is CN1CCC(N2CCC[C@@H](C(=O)NC(C)(C)C)C2)CC1. The number of nitrogens with one attached hydrogen (secondary N) is 1. The zero-order valence-electron chi connectivity index (χ0n) is 13.6. The second-order valence-corrected chi connectivity index (χ2v) is 7.61. The van der Waals surface area contributed by atoms with Crippen molar-refractivity contribution >= 4 is 5.91 Å². The number of rotatable bonds is 2. The van der Waals surface area contributed by atoms with E-state index < -0.39 is 0 Å². The number of hydrogen-bond acceptors (Lipinski definition) is 3. The van der Waals surface area contributed by atoms with Gasteiger partial charge in [-0.05, 0) is 73.1 Å². The maximum absolute atomic E-state index is 12.3. The summed E-state index contributed by atoms with van der Waals surface area (Å²) in [6.45, 7) is 10.7. The Kier molecular flexibility index (Phi) is 5.08. The Morgan fingerprint density at radius 1 is 1.10 bits per heavy atom. The van der Waals surface area contributed by atoms with E-state index in [0.717, 1.165) is 19.4 Å². The fourth-order valence-electron chi connectivity index (χ4n) is 3.38. The Hall–Kier alpha value is -0.610. The van der Waals surface area contributed by atoms with Crippen molar-refractivity contribution in [2.75, 3.05) is 33.2 Å². The summed E-state index contributed by atoms with van der Waals surface area (Å²) in [6, 6.07) is 0.691. The molecule has 0 spiro atoms. The van der Waals surface area contributed by atoms with Crippen molar-refractivity contribution < 1.29 is 4.79 Å². The summed E-state index contributed by atoms with van der Waals surface area (Å²) >= 11 is 0. The van der Waals surface area contributed by atoms with Gasteiger partial charge >= 0.3 is 0 Å². The Bertz CT molecular complexity index is 329. The highest BCUT2D eigenvalue weighted by Gasteiger charge is 2.32. The predicted octanol–water partition coefficient (Wildman–Crippen LogP) is 1.71. The third kappa shape index (κ3) is 4.45. The number of nitrogens with zero attached hydrogens (tertiary/aromatic N) is 2. The van der Waals surface area contributed by atoms with Crippen LogP contribution in [0.25, 0.3) is 0 Å². The average molecular weight is 281 g/mol. The molecule has 2 aliphatic rings. The van der Waals surface area contributed by atoms with Crippen LogP contribution in [-0.2, 0) is 4.79 Å². The van der Waals surface area contributed by atoms with Gasteiger partial charge < -0.3 is 10.2 Å². The van der Waals surface area contributed by atoms with Crippen molar-refractivity contribution in [1.29, 1.82) is 0 Å². The minimum atomic E-state index is -0.118. The molecule has 0 aliphatic carbocycles. The lowest BCUT2D eigenvalue weighted by molar-refractivity contribution is -0.128. The van der Waals surface area contributed by atoms with E-state index in [2.05, 4.69) is 42.9 Å². The third-order valence-electron chi connectivity index (χ3n) is 4.53. The highest BCUT2D eigenvalue weighted by Crippen LogP contribution is 2.24. The minimum absolute atomic E-state index is 0.118. The Morgan fingerprint density at radius 2 is 1.75 bits per heavy atom. The van der Waals surface area contributed by atoms with Gasteiger partial charge in [0.15, 0.2) is 0 Å². The van der Waals surface area contributed by atoms with Crippen LogP contribution in [0.4, 0.5) is 0 Å². The van der Waals surface area contributed by atoms with Gasteiger partial charge in [0.05, 0.1) is 5.92 Å². The highest BCUT2D eigenvalue weighted by molar-refractivity contribution is 5.79. The molecule has 2 aliphatic heterocycles. The fraction of sp³-hybridized carbons (Fsp3) is 0.938. The molecule has 1 N–H and O–H groups in total. The van der Waals surface area contributed by atoms with Gasteiger partial charge in [-0.3, -0.25) is 9.69 Å². The summed E-state index contributed by atoms with van der Waals surface area (Å²) < 4.78 is 0. The van der Waals surface area contributed by atoms with Gasteiger partial charge in [-0.15, -0.1) is 0 Å². The quantitative estimate of drug-likeness (QED) is 0.837. The molecule has 0 saturated carbocycles. The number of hydrogen-bond donors (Lipinski definition) is 1. The first-order valence-electron chi connectivity index (χ1n) is 8.10. The number of piperidine rings is 2. The summed E-state index contributed by atoms with van der Waals surface area (Å²) in [5.41, 5.74) is -0.118. The molecule has 1 amide bonds. The maximum Gasteiger partial charge on any atom is 0.224 e. The van der Waals surface area contributed by atoms with Crippen LogP contribution >= 0.6 is 0 Å². The van der Waals surface area contributed by atoms with Crippen molar-refractivity contribution in [3.05, 3.63) is 0 Å². The molecular formula is C16H31N3O. The third-order valence-corrected chi connectivity index (χ3v) is 4.53. The number of carbonyl (C=O) groups is 1. The van der Waals surface area contributed by atoms with Gasteiger partial charge in [0.25, 0.3) is 0 Å². The van der Waals surface area contributed by atoms with Crippen LogP contribution in [0, 0.1) is 5.92 Å². The van der Waals surface area contributed by atoms with Gasteiger partial charge in [0.1, 0.15) is 0 Å². The van der Waals surface area contributed by atoms with Crippen molar-refractivity contribution in [3.63, 3.8) is 0 Å². The van der Waals surface area contributed by atoms with E-state index in [9.17, 15) is 4.79 Å². The molecule has 2 rings (SSSR count). The van der Waals surface area contributed by atoms with E-state index in [1.54, 1.807) is 0 Å². The molecule has 0 aromatic heterocycles. The van der Waals surface area contributed by atoms with Gasteiger partial charge in [-0.25, -0.2) is 0 Å². The summed E-state index contributed by atoms with van der Waals surface area (Å²) in [7, 11) is 2.20. The second-order valence-electron chi connectivity index (χ2n) is 7.61. The van der Waals surface area contributed by atoms with E-state index in [-0.39, 0.29) is 17.4 Å². The van der Waals surface area contributed by atoms with E-state index in [1.807, 2.05) is 0 Å². The summed E-state index contributed by atoms with van der Waals surface area (Å²) in [5.74, 6) is 0.428. The number of amides is 1. The lowest BCUT2D eigenvalue weighted by Crippen LogP contribution is -2.52. The van der Waals surface area contributed by atoms with Crippen LogP contribution in [0.2, 0.25) is 0 Å². The molecule has 2 heterocycles. The van der Waals surface area contributed by atoms with Crippen molar-refractivity contribution in [3.8, 4) is 0 Å². The first kappa shape index (κ1) is 15.8. The summed E-state index contributed by atoms with van der Waals surface area (Å²) in [5, 5.41) is 3.15. The van der Waals surface area contributed by atoms with E-state index in [4.69, 9.17) is 0 Å². The lowest BCUT2D eigenvalue weighted by atomic mass is 9.92. The van der Waals surface area contributed by atoms with Gasteiger partial charge in [-0.2, -0.15) is 0 Å². The summed E-state index contributed by atoms with van der Waals surface area (Å²) in [6.07, 6.45) is 4.72. The van der Waals surface area contributed by atoms with E-state index in [0.29, 0.717) is 6.04 Å². The molecule has 0 unspecified atom stereocenters. The van der Waals surface area contributed by atoms with Crippen LogP contribution in [0.15, 0.2) is 0 Å². The molecule has 2 saturated heterocycles. The topological polar surface area (TPSA) is 35.6 Å². The van der Waals surface area contributed by atoms with Gasteiger partial charge in [-0.1, -0.05) is 0 Å². The monoisotopic (exact) mass is 281 g/mol. The summed E-state index contributed by atoms with van der Waals surface area (Å²) in [4.78, 5) is 17.3. The van der Waals surface area contributed by atoms with Crippen LogP contribution in [0.3, 0.4) is 0 Å². The maximum atomic E-state index is 12.3. The second kappa shape index (κ2) is 6.44. The number of likely N-dealkylation sites (tertiary alicyclic amines) is 2. The molecule has 4 nitrogen and oxygen atoms in total. The molecular weight excluding hydrogens is 250 g/mol. The Labute approximate surface area is 123 Å². The predicted molar refractivity (Wildman–Crippen MR) is 82.7 cm³/mol. The van der Waals surface area contributed by atoms with Crippen LogP contribution in [0.5, 0.6) is 0 Å². The fourth-order valence-corrected chi connectivity index (χ4v) is 3.38. The smallest absolute Gasteiger partial charge is 0.224 e. The van der Waals surface area contributed by atoms with Gasteiger partial charge in [0.2, 0.25) is 5.91 Å². The first-order valence-corrected chi connectivity index (χ1v) is 8.10. The molecule has 0 aromatic rings. The van der Waals surface area contributed by atoms with Crippen molar-refractivity contribution in [2.45, 2.75) is 58.0 Å². The molecule has 4 heteroatoms. The Morgan fingerprint density at radius 3 is 2.35 bits per heavy atom. The van der Waals surface area contributed by atoms with Crippen LogP contribution in [-0.4, -0.2) is 60.5 Å². The molecule has 0 radical (unpaired) electrons. The molecule has 0 bridgehead atoms. The highest BCUT2D eigenvalue weighted by atomic mass is 16.2. The van der Waals surface area contributed by atoms with Crippen LogP contribution in [0.1, 0.15) is 46.5 Å². The van der Waals surface area contributed by atoms with Crippen LogP contribution < -0.4 is 5.32 Å². The zero-order chi connectivity index (χ0) is 14.8. The molecule has 1 atom stereocenters. The first-order chi connectivity index (χ1) is 9.35. The molecule has 20 heavy (non-hydrogen) atoms. The minimum Gasteiger partial charge on any atom is -0.351 e. The standard InChI is InChI=1S/C16H31N3O/c1-16(2,3)17-15(20)13-6-5-9-19(12-13)14-7-10-18(4)11-8-14/h13-14H,5-12H2,1-4H3,(H,17,20)/t13-/m1/s1. The van der Waals surface area contributed by atoms with Crippen molar-refractivity contribution in [2.24, 2.45) is 5.92 Å². The molecule has 116 valence electrons. The zero-order valence-corrected chi connectivity index (χ0v) is 13.6. The molecule has 2 fully saturated rings. The van der Waals surface area contributed by atoms with Gasteiger partial charge in [0, 0.05) is 18.1 Å².